The molecule has 0 fully saturated rings. The van der Waals surface area contributed by atoms with E-state index in [4.69, 9.17) is 11.6 Å². The van der Waals surface area contributed by atoms with Crippen LogP contribution in [0.2, 0.25) is 0 Å². The summed E-state index contributed by atoms with van der Waals surface area (Å²) in [6, 6.07) is 1.95. The maximum Gasteiger partial charge on any atom is 0.0769 e. The van der Waals surface area contributed by atoms with E-state index < -0.39 is 0 Å². The first kappa shape index (κ1) is 10.2. The van der Waals surface area contributed by atoms with Gasteiger partial charge in [0, 0.05) is 21.0 Å². The Balaban J connectivity index is 2.94. The zero-order valence-corrected chi connectivity index (χ0v) is 10.0. The first-order chi connectivity index (χ1) is 5.74. The van der Waals surface area contributed by atoms with Crippen molar-refractivity contribution in [3.8, 4) is 0 Å². The highest BCUT2D eigenvalue weighted by molar-refractivity contribution is 9.11. The summed E-state index contributed by atoms with van der Waals surface area (Å²) in [5.41, 5.74) is 0.888. The third-order valence-corrected chi connectivity index (χ3v) is 2.45. The summed E-state index contributed by atoms with van der Waals surface area (Å²) in [6.45, 7) is 0. The summed E-state index contributed by atoms with van der Waals surface area (Å²) >= 11 is 12.2. The predicted molar refractivity (Wildman–Crippen MR) is 59.4 cm³/mol. The zero-order chi connectivity index (χ0) is 8.97. The number of pyridine rings is 1. The molecular weight excluding hydrogens is 305 g/mol. The monoisotopic (exact) mass is 309 g/mol. The lowest BCUT2D eigenvalue weighted by Crippen LogP contribution is -1.82. The maximum absolute atomic E-state index is 5.50. The highest BCUT2D eigenvalue weighted by atomic mass is 79.9. The fourth-order valence-corrected chi connectivity index (χ4v) is 1.91. The molecule has 0 unspecified atom stereocenters. The van der Waals surface area contributed by atoms with E-state index in [1.165, 1.54) is 0 Å². The van der Waals surface area contributed by atoms with Gasteiger partial charge in [-0.1, -0.05) is 6.08 Å². The summed E-state index contributed by atoms with van der Waals surface area (Å²) in [5.74, 6) is 0.504. The molecule has 1 heterocycles. The second-order valence-corrected chi connectivity index (χ2v) is 4.16. The van der Waals surface area contributed by atoms with Gasteiger partial charge in [-0.15, -0.1) is 11.6 Å². The lowest BCUT2D eigenvalue weighted by atomic mass is 10.3. The minimum atomic E-state index is 0.504. The van der Waals surface area contributed by atoms with Crippen LogP contribution in [0.3, 0.4) is 0 Å². The van der Waals surface area contributed by atoms with Crippen LogP contribution >= 0.6 is 43.5 Å². The quantitative estimate of drug-likeness (QED) is 0.756. The van der Waals surface area contributed by atoms with Gasteiger partial charge in [0.05, 0.1) is 5.69 Å². The molecule has 1 aromatic rings. The Morgan fingerprint density at radius 3 is 2.83 bits per heavy atom. The molecule has 1 aromatic heterocycles. The van der Waals surface area contributed by atoms with Crippen molar-refractivity contribution in [1.82, 2.24) is 4.98 Å². The van der Waals surface area contributed by atoms with Crippen LogP contribution in [0, 0.1) is 0 Å². The molecule has 0 saturated carbocycles. The molecule has 1 rings (SSSR count). The summed E-state index contributed by atoms with van der Waals surface area (Å²) in [4.78, 5) is 4.18. The van der Waals surface area contributed by atoms with Crippen molar-refractivity contribution in [1.29, 1.82) is 0 Å². The molecule has 0 saturated heterocycles. The fraction of sp³-hybridized carbons (Fsp3) is 0.125. The molecule has 0 amide bonds. The van der Waals surface area contributed by atoms with Crippen LogP contribution in [0.5, 0.6) is 0 Å². The van der Waals surface area contributed by atoms with Crippen molar-refractivity contribution in [3.63, 3.8) is 0 Å². The molecule has 0 aliphatic rings. The number of rotatable bonds is 2. The van der Waals surface area contributed by atoms with E-state index in [0.29, 0.717) is 5.88 Å². The van der Waals surface area contributed by atoms with E-state index in [1.807, 2.05) is 18.2 Å². The van der Waals surface area contributed by atoms with Crippen molar-refractivity contribution >= 4 is 49.5 Å². The standard InChI is InChI=1S/C8H6Br2ClN/c9-6-4-7(10)8(12-5-6)2-1-3-11/h1-2,4-5H,3H2/b2-1+. The van der Waals surface area contributed by atoms with Crippen LogP contribution in [0.4, 0.5) is 0 Å². The molecule has 1 nitrogen and oxygen atoms in total. The third-order valence-electron chi connectivity index (χ3n) is 1.20. The Hall–Kier alpha value is 0.140. The summed E-state index contributed by atoms with van der Waals surface area (Å²) in [5, 5.41) is 0. The number of alkyl halides is 1. The lowest BCUT2D eigenvalue weighted by Gasteiger charge is -1.96. The molecule has 4 heteroatoms. The van der Waals surface area contributed by atoms with Crippen LogP contribution in [-0.4, -0.2) is 10.9 Å². The Bertz CT molecular complexity index is 299. The van der Waals surface area contributed by atoms with Crippen LogP contribution in [0.25, 0.3) is 6.08 Å². The lowest BCUT2D eigenvalue weighted by molar-refractivity contribution is 1.26. The van der Waals surface area contributed by atoms with Gasteiger partial charge in [0.2, 0.25) is 0 Å². The normalized spacial score (nSPS) is 10.9. The van der Waals surface area contributed by atoms with Gasteiger partial charge in [0.1, 0.15) is 0 Å². The summed E-state index contributed by atoms with van der Waals surface area (Å²) in [6.07, 6.45) is 5.48. The van der Waals surface area contributed by atoms with Gasteiger partial charge < -0.3 is 0 Å². The summed E-state index contributed by atoms with van der Waals surface area (Å²) in [7, 11) is 0. The second-order valence-electron chi connectivity index (χ2n) is 2.08. The zero-order valence-electron chi connectivity index (χ0n) is 6.10. The van der Waals surface area contributed by atoms with Crippen molar-refractivity contribution in [3.05, 3.63) is 33.0 Å². The molecular formula is C8H6Br2ClN. The minimum absolute atomic E-state index is 0.504. The molecule has 0 atom stereocenters. The second kappa shape index (κ2) is 5.00. The Morgan fingerprint density at radius 1 is 1.50 bits per heavy atom. The summed E-state index contributed by atoms with van der Waals surface area (Å²) < 4.78 is 1.91. The van der Waals surface area contributed by atoms with E-state index in [1.54, 1.807) is 6.20 Å². The Kier molecular flexibility index (Phi) is 4.26. The van der Waals surface area contributed by atoms with Crippen LogP contribution < -0.4 is 0 Å². The van der Waals surface area contributed by atoms with Gasteiger partial charge >= 0.3 is 0 Å². The van der Waals surface area contributed by atoms with E-state index in [9.17, 15) is 0 Å². The number of hydrogen-bond donors (Lipinski definition) is 0. The SMILES string of the molecule is ClC/C=C/c1ncc(Br)cc1Br. The van der Waals surface area contributed by atoms with Crippen molar-refractivity contribution in [2.45, 2.75) is 0 Å². The Morgan fingerprint density at radius 2 is 2.25 bits per heavy atom. The highest BCUT2D eigenvalue weighted by Crippen LogP contribution is 2.20. The molecule has 0 bridgehead atoms. The van der Waals surface area contributed by atoms with Gasteiger partial charge in [0.25, 0.3) is 0 Å². The van der Waals surface area contributed by atoms with Gasteiger partial charge in [-0.2, -0.15) is 0 Å². The van der Waals surface area contributed by atoms with E-state index in [-0.39, 0.29) is 0 Å². The number of halogens is 3. The largest absolute Gasteiger partial charge is 0.255 e. The van der Waals surface area contributed by atoms with Crippen molar-refractivity contribution < 1.29 is 0 Å². The van der Waals surface area contributed by atoms with Crippen molar-refractivity contribution in [2.24, 2.45) is 0 Å². The first-order valence-corrected chi connectivity index (χ1v) is 5.39. The Labute approximate surface area is 93.1 Å². The first-order valence-electron chi connectivity index (χ1n) is 3.27. The van der Waals surface area contributed by atoms with E-state index >= 15 is 0 Å². The van der Waals surface area contributed by atoms with Crippen LogP contribution in [0.15, 0.2) is 27.3 Å². The molecule has 0 aromatic carbocycles. The molecule has 12 heavy (non-hydrogen) atoms. The topological polar surface area (TPSA) is 12.9 Å². The molecule has 0 aliphatic heterocycles. The molecule has 0 spiro atoms. The van der Waals surface area contributed by atoms with Crippen LogP contribution in [-0.2, 0) is 0 Å². The number of nitrogens with zero attached hydrogens (tertiary/aromatic N) is 1. The highest BCUT2D eigenvalue weighted by Gasteiger charge is 1.96. The van der Waals surface area contributed by atoms with Gasteiger partial charge in [0.15, 0.2) is 0 Å². The predicted octanol–water partition coefficient (Wildman–Crippen LogP) is 3.86. The average molecular weight is 311 g/mol. The molecule has 64 valence electrons. The fourth-order valence-electron chi connectivity index (χ4n) is 0.704. The van der Waals surface area contributed by atoms with E-state index in [2.05, 4.69) is 36.8 Å². The van der Waals surface area contributed by atoms with Gasteiger partial charge in [-0.05, 0) is 44.0 Å². The van der Waals surface area contributed by atoms with Crippen molar-refractivity contribution in [2.75, 3.05) is 5.88 Å². The van der Waals surface area contributed by atoms with E-state index in [0.717, 1.165) is 14.6 Å². The third kappa shape index (κ3) is 2.88. The molecule has 0 radical (unpaired) electrons. The van der Waals surface area contributed by atoms with Gasteiger partial charge in [-0.25, -0.2) is 0 Å². The molecule has 0 N–H and O–H groups in total. The minimum Gasteiger partial charge on any atom is -0.255 e. The number of allylic oxidation sites excluding steroid dienone is 1. The maximum atomic E-state index is 5.50. The van der Waals surface area contributed by atoms with Gasteiger partial charge in [-0.3, -0.25) is 4.98 Å². The van der Waals surface area contributed by atoms with Crippen LogP contribution in [0.1, 0.15) is 5.69 Å². The number of aromatic nitrogens is 1. The number of hydrogen-bond acceptors (Lipinski definition) is 1. The average Bonchev–Trinajstić information content (AvgIpc) is 2.03. The molecule has 0 aliphatic carbocycles. The smallest absolute Gasteiger partial charge is 0.0769 e.